The molecular weight excluding hydrogens is 486 g/mol. The molecule has 0 radical (unpaired) electrons. The number of nitrogens with zero attached hydrogens (tertiary/aromatic N) is 1. The molecule has 1 atom stereocenters. The van der Waals surface area contributed by atoms with E-state index in [2.05, 4.69) is 15.9 Å². The second-order valence-electron chi connectivity index (χ2n) is 6.66. The van der Waals surface area contributed by atoms with E-state index >= 15 is 0 Å². The number of carbonyl (C=O) groups excluding carboxylic acids is 3. The van der Waals surface area contributed by atoms with E-state index in [-0.39, 0.29) is 35.8 Å². The van der Waals surface area contributed by atoms with Crippen molar-refractivity contribution in [3.05, 3.63) is 69.7 Å². The van der Waals surface area contributed by atoms with Crippen molar-refractivity contribution in [3.63, 3.8) is 0 Å². The summed E-state index contributed by atoms with van der Waals surface area (Å²) in [6.45, 7) is 2.43. The molecule has 2 aromatic rings. The number of benzene rings is 2. The average molecular weight is 506 g/mol. The monoisotopic (exact) mass is 505 g/mol. The molecule has 30 heavy (non-hydrogen) atoms. The normalized spacial score (nSPS) is 13.9. The van der Waals surface area contributed by atoms with Gasteiger partial charge in [-0.2, -0.15) is 0 Å². The Balaban J connectivity index is 1.70. The quantitative estimate of drug-likeness (QED) is 0.281. The van der Waals surface area contributed by atoms with Crippen LogP contribution in [0.2, 0.25) is 0 Å². The van der Waals surface area contributed by atoms with Gasteiger partial charge in [0.05, 0.1) is 17.7 Å². The Kier molecular flexibility index (Phi) is 7.80. The number of thioether (sulfide) groups is 1. The summed E-state index contributed by atoms with van der Waals surface area (Å²) in [6.07, 6.45) is 0.734. The van der Waals surface area contributed by atoms with E-state index in [4.69, 9.17) is 17.0 Å². The summed E-state index contributed by atoms with van der Waals surface area (Å²) in [7, 11) is 0. The topological polar surface area (TPSA) is 63.7 Å². The van der Waals surface area contributed by atoms with Crippen molar-refractivity contribution in [1.82, 2.24) is 4.90 Å². The lowest BCUT2D eigenvalue weighted by Crippen LogP contribution is -2.36. The third-order valence-corrected chi connectivity index (χ3v) is 6.61. The molecule has 0 fully saturated rings. The van der Waals surface area contributed by atoms with Gasteiger partial charge in [0.15, 0.2) is 5.78 Å². The highest BCUT2D eigenvalue weighted by Crippen LogP contribution is 2.27. The lowest BCUT2D eigenvalue weighted by Gasteiger charge is -2.22. The molecule has 2 amide bonds. The first-order chi connectivity index (χ1) is 14.4. The molecule has 1 unspecified atom stereocenters. The van der Waals surface area contributed by atoms with Gasteiger partial charge in [0.25, 0.3) is 11.8 Å². The molecule has 0 saturated carbocycles. The van der Waals surface area contributed by atoms with Crippen LogP contribution in [0.4, 0.5) is 0 Å². The molecule has 5 nitrogen and oxygen atoms in total. The summed E-state index contributed by atoms with van der Waals surface area (Å²) in [5.74, 6) is -0.636. The van der Waals surface area contributed by atoms with Crippen LogP contribution in [0.3, 0.4) is 0 Å². The highest BCUT2D eigenvalue weighted by Gasteiger charge is 2.36. The average Bonchev–Trinajstić information content (AvgIpc) is 2.97. The minimum atomic E-state index is -0.317. The van der Waals surface area contributed by atoms with Crippen molar-refractivity contribution in [2.75, 3.05) is 13.2 Å². The Morgan fingerprint density at radius 2 is 1.70 bits per heavy atom. The lowest BCUT2D eigenvalue weighted by molar-refractivity contribution is 0.0654. The molecule has 0 bridgehead atoms. The van der Waals surface area contributed by atoms with E-state index in [1.165, 1.54) is 16.7 Å². The SMILES string of the molecule is CCOC(=S)SC(CCC(=O)c1ccc(Br)cc1)CN1C(=O)c2ccccc2C1=O. The number of imide groups is 1. The third kappa shape index (κ3) is 5.36. The molecule has 0 N–H and O–H groups in total. The number of ether oxygens (including phenoxy) is 1. The maximum absolute atomic E-state index is 12.7. The van der Waals surface area contributed by atoms with Gasteiger partial charge in [-0.15, -0.1) is 0 Å². The Bertz CT molecular complexity index is 942. The molecule has 156 valence electrons. The van der Waals surface area contributed by atoms with Gasteiger partial charge in [-0.05, 0) is 49.8 Å². The maximum atomic E-state index is 12.7. The van der Waals surface area contributed by atoms with Crippen LogP contribution in [0.15, 0.2) is 53.0 Å². The zero-order valence-electron chi connectivity index (χ0n) is 16.3. The number of halogens is 1. The van der Waals surface area contributed by atoms with Crippen LogP contribution >= 0.6 is 39.9 Å². The van der Waals surface area contributed by atoms with Crippen LogP contribution in [-0.4, -0.2) is 45.3 Å². The van der Waals surface area contributed by atoms with Crippen molar-refractivity contribution in [3.8, 4) is 0 Å². The van der Waals surface area contributed by atoms with Crippen LogP contribution in [0.25, 0.3) is 0 Å². The summed E-state index contributed by atoms with van der Waals surface area (Å²) in [4.78, 5) is 39.2. The first kappa shape index (κ1) is 22.7. The van der Waals surface area contributed by atoms with Crippen molar-refractivity contribution < 1.29 is 19.1 Å². The summed E-state index contributed by atoms with van der Waals surface area (Å²) in [6, 6.07) is 14.0. The number of amides is 2. The predicted molar refractivity (Wildman–Crippen MR) is 125 cm³/mol. The van der Waals surface area contributed by atoms with Crippen LogP contribution in [0.5, 0.6) is 0 Å². The largest absolute Gasteiger partial charge is 0.479 e. The minimum Gasteiger partial charge on any atom is -0.479 e. The summed E-state index contributed by atoms with van der Waals surface area (Å²) >= 11 is 9.89. The van der Waals surface area contributed by atoms with Crippen LogP contribution in [0, 0.1) is 0 Å². The molecular formula is C22H20BrNO4S2. The molecule has 1 heterocycles. The predicted octanol–water partition coefficient (Wildman–Crippen LogP) is 5.13. The minimum absolute atomic E-state index is 0.00205. The zero-order chi connectivity index (χ0) is 21.7. The first-order valence-electron chi connectivity index (χ1n) is 9.48. The van der Waals surface area contributed by atoms with Gasteiger partial charge in [0, 0.05) is 28.3 Å². The number of fused-ring (bicyclic) bond motifs is 1. The van der Waals surface area contributed by atoms with E-state index in [1.54, 1.807) is 36.4 Å². The van der Waals surface area contributed by atoms with Gasteiger partial charge in [0.2, 0.25) is 4.38 Å². The number of ketones is 1. The van der Waals surface area contributed by atoms with Crippen molar-refractivity contribution in [2.45, 2.75) is 25.0 Å². The van der Waals surface area contributed by atoms with E-state index < -0.39 is 0 Å². The highest BCUT2D eigenvalue weighted by atomic mass is 79.9. The second-order valence-corrected chi connectivity index (χ2v) is 9.48. The number of thiocarbonyl (C=S) groups is 1. The Hall–Kier alpha value is -2.03. The van der Waals surface area contributed by atoms with Crippen LogP contribution in [0.1, 0.15) is 50.8 Å². The van der Waals surface area contributed by atoms with Gasteiger partial charge in [-0.3, -0.25) is 19.3 Å². The Morgan fingerprint density at radius 1 is 1.10 bits per heavy atom. The standard InChI is InChI=1S/C22H20BrNO4S2/c1-2-28-22(29)30-16(11-12-19(25)14-7-9-15(23)10-8-14)13-24-20(26)17-5-3-4-6-18(17)21(24)27/h3-10,16H,2,11-13H2,1H3. The van der Waals surface area contributed by atoms with Crippen molar-refractivity contribution >= 4 is 61.9 Å². The lowest BCUT2D eigenvalue weighted by atomic mass is 10.1. The number of carbonyl (C=O) groups is 3. The van der Waals surface area contributed by atoms with E-state index in [0.29, 0.717) is 34.1 Å². The molecule has 0 saturated heterocycles. The van der Waals surface area contributed by atoms with Gasteiger partial charge in [0.1, 0.15) is 0 Å². The Morgan fingerprint density at radius 3 is 2.27 bits per heavy atom. The van der Waals surface area contributed by atoms with Crippen molar-refractivity contribution in [2.24, 2.45) is 0 Å². The summed E-state index contributed by atoms with van der Waals surface area (Å²) in [5, 5.41) is -0.245. The van der Waals surface area contributed by atoms with Crippen molar-refractivity contribution in [1.29, 1.82) is 0 Å². The molecule has 0 aliphatic carbocycles. The van der Waals surface area contributed by atoms with Gasteiger partial charge < -0.3 is 4.74 Å². The van der Waals surface area contributed by atoms with Crippen LogP contribution < -0.4 is 0 Å². The van der Waals surface area contributed by atoms with Gasteiger partial charge >= 0.3 is 0 Å². The fourth-order valence-electron chi connectivity index (χ4n) is 3.16. The molecule has 1 aliphatic rings. The fraction of sp³-hybridized carbons (Fsp3) is 0.273. The highest BCUT2D eigenvalue weighted by molar-refractivity contribution is 9.10. The molecule has 0 aromatic heterocycles. The third-order valence-electron chi connectivity index (χ3n) is 4.65. The number of rotatable bonds is 8. The van der Waals surface area contributed by atoms with Crippen LogP contribution in [-0.2, 0) is 4.74 Å². The smallest absolute Gasteiger partial charge is 0.261 e. The molecule has 3 rings (SSSR count). The molecule has 8 heteroatoms. The van der Waals surface area contributed by atoms with E-state index in [9.17, 15) is 14.4 Å². The number of Topliss-reactive ketones (excluding diaryl/α,β-unsaturated/α-hetero) is 1. The van der Waals surface area contributed by atoms with E-state index in [0.717, 1.165) is 4.47 Å². The zero-order valence-corrected chi connectivity index (χ0v) is 19.5. The summed E-state index contributed by atoms with van der Waals surface area (Å²) < 4.78 is 6.62. The Labute approximate surface area is 193 Å². The number of hydrogen-bond acceptors (Lipinski definition) is 6. The molecule has 1 aliphatic heterocycles. The summed E-state index contributed by atoms with van der Waals surface area (Å²) in [5.41, 5.74) is 1.43. The fourth-order valence-corrected chi connectivity index (χ4v) is 4.86. The second kappa shape index (κ2) is 10.3. The van der Waals surface area contributed by atoms with E-state index in [1.807, 2.05) is 19.1 Å². The first-order valence-corrected chi connectivity index (χ1v) is 11.6. The molecule has 2 aromatic carbocycles. The van der Waals surface area contributed by atoms with Gasteiger partial charge in [-0.1, -0.05) is 52.0 Å². The van der Waals surface area contributed by atoms with Gasteiger partial charge in [-0.25, -0.2) is 0 Å². The number of hydrogen-bond donors (Lipinski definition) is 0. The molecule has 0 spiro atoms. The maximum Gasteiger partial charge on any atom is 0.261 e.